The van der Waals surface area contributed by atoms with Gasteiger partial charge in [0.2, 0.25) is 11.8 Å². The molecule has 10 aliphatic heterocycles. The predicted octanol–water partition coefficient (Wildman–Crippen LogP) is -20.8. The fourth-order valence-corrected chi connectivity index (χ4v) is 18.2. The largest absolute Gasteiger partial charge is 0.396 e. The zero-order valence-electron chi connectivity index (χ0n) is 72.6. The van der Waals surface area contributed by atoms with Gasteiger partial charge in [-0.05, 0) is 25.7 Å². The van der Waals surface area contributed by atoms with Crippen LogP contribution >= 0.6 is 21.6 Å². The number of hydrogen-bond acceptors (Lipinski definition) is 56. The van der Waals surface area contributed by atoms with Crippen molar-refractivity contribution < 1.29 is 217 Å². The van der Waals surface area contributed by atoms with Crippen LogP contribution in [0, 0.1) is 0 Å². The first kappa shape index (κ1) is 113. The van der Waals surface area contributed by atoms with E-state index >= 15 is 0 Å². The Morgan fingerprint density at radius 3 is 0.729 bits per heavy atom. The fraction of sp³-hybridized carbons (Fsp3) is 0.973. The lowest BCUT2D eigenvalue weighted by molar-refractivity contribution is -0.321. The van der Waals surface area contributed by atoms with Crippen molar-refractivity contribution >= 4 is 33.4 Å². The highest BCUT2D eigenvalue weighted by Crippen LogP contribution is 2.36. The Hall–Kier alpha value is -2.44. The molecule has 10 rings (SSSR count). The molecule has 0 aromatic heterocycles. The molecule has 0 aromatic carbocycles. The minimum atomic E-state index is -1.87. The average molecular weight is 1980 g/mol. The summed E-state index contributed by atoms with van der Waals surface area (Å²) in [5.41, 5.74) is 59.5. The zero-order chi connectivity index (χ0) is 97.3. The summed E-state index contributed by atoms with van der Waals surface area (Å²) in [6, 6.07) is -13.6. The van der Waals surface area contributed by atoms with Crippen LogP contribution in [0.2, 0.25) is 0 Å². The average Bonchev–Trinajstić information content (AvgIpc) is 0.846. The van der Waals surface area contributed by atoms with Gasteiger partial charge in [0.25, 0.3) is 0 Å². The summed E-state index contributed by atoms with van der Waals surface area (Å²) in [6.45, 7) is -5.86. The lowest BCUT2D eigenvalue weighted by Gasteiger charge is -2.45. The summed E-state index contributed by atoms with van der Waals surface area (Å²) in [7, 11) is 3.07. The highest BCUT2D eigenvalue weighted by molar-refractivity contribution is 8.76. The van der Waals surface area contributed by atoms with E-state index in [1.54, 1.807) is 0 Å². The Kier molecular flexibility index (Phi) is 44.6. The van der Waals surface area contributed by atoms with Crippen molar-refractivity contribution in [3.63, 3.8) is 0 Å². The van der Waals surface area contributed by atoms with Crippen LogP contribution in [0.15, 0.2) is 0 Å². The number of amides is 2. The number of aliphatic hydroxyl groups is 22. The third-order valence-corrected chi connectivity index (χ3v) is 27.4. The molecule has 0 bridgehead atoms. The summed E-state index contributed by atoms with van der Waals surface area (Å²) in [4.78, 5) is 25.4. The van der Waals surface area contributed by atoms with Crippen molar-refractivity contribution in [2.75, 3.05) is 110 Å². The summed E-state index contributed by atoms with van der Waals surface area (Å²) >= 11 is 0. The van der Waals surface area contributed by atoms with E-state index in [9.17, 15) is 122 Å². The molecule has 58 heteroatoms. The van der Waals surface area contributed by atoms with Gasteiger partial charge in [0.15, 0.2) is 62.9 Å². The van der Waals surface area contributed by atoms with Crippen molar-refractivity contribution in [1.29, 1.82) is 0 Å². The predicted molar refractivity (Wildman–Crippen MR) is 443 cm³/mol. The molecule has 29 unspecified atom stereocenters. The lowest BCUT2D eigenvalue weighted by Crippen LogP contribution is -2.66. The van der Waals surface area contributed by atoms with Crippen molar-refractivity contribution in [3.8, 4) is 0 Å². The second-order valence-electron chi connectivity index (χ2n) is 34.5. The van der Waals surface area contributed by atoms with E-state index in [1.807, 2.05) is 0 Å². The first-order valence-electron chi connectivity index (χ1n) is 44.0. The standard InChI is InChI=1S/C75H140N12O44S2/c76-36-56(102)48(94)27(17-116-70-40(80)60(106)52(98)31(128-70)21-120-73-43(83)62(108)51(97)30(130-73)20-118-69-39(79)58(104)47(93)26(126-69)16-114-65-45(85)64(110)75(111,7-10-88)24-122-65)124-66(36)112-11-3-8-86-34(90)5-1-13-132-133-14-2-6-35(91)87-9-4-12-113-67-37(77)57(103)49(95)28(125-67)18-117-71-41(81)61(107)53(99)32(129-71)22-121-74-44(84)63(109)54(100)33(131-74)23-119-72-42(82)59(105)50(96)29(127-72)19-115-68-38(78)55(101)46(92)25(15-89)123-68/h25-33,36-74,88-89,92-111H,1-24,76-85H2,(H,86,90)(H,87,91)/t25?,26?,27?,28?,29?,30?,31?,32?,33?,36?,37?,38?,39?,40?,41?,42?,43?,44?,45?,46-,47-,48-,49-,50-,51-,52-,53-,54-,55?,56?,57?,58?,59?,60?,61?,62?,63?,64?,65-,66-,67-,68-,69-,70-,71-,72-,73-,74-,75+/m1/s1. The van der Waals surface area contributed by atoms with Gasteiger partial charge >= 0.3 is 0 Å². The molecule has 0 aromatic rings. The maximum Gasteiger partial charge on any atom is 0.220 e. The number of nitrogens with two attached hydrogens (primary N) is 10. The molecule has 0 spiro atoms. The molecule has 776 valence electrons. The molecule has 10 fully saturated rings. The van der Waals surface area contributed by atoms with Crippen molar-refractivity contribution in [2.45, 2.75) is 345 Å². The van der Waals surface area contributed by atoms with Crippen LogP contribution in [-0.4, -0.2) is 534 Å². The molecule has 49 atom stereocenters. The number of aliphatic hydroxyl groups excluding tert-OH is 21. The van der Waals surface area contributed by atoms with E-state index in [4.69, 9.17) is 152 Å². The molecule has 10 saturated heterocycles. The molecular formula is C75H140N12O44S2. The van der Waals surface area contributed by atoms with Gasteiger partial charge in [-0.25, -0.2) is 0 Å². The lowest BCUT2D eigenvalue weighted by atomic mass is 9.87. The normalized spacial score (nSPS) is 46.7. The first-order chi connectivity index (χ1) is 63.1. The molecule has 0 radical (unpaired) electrons. The van der Waals surface area contributed by atoms with Gasteiger partial charge in [-0.3, -0.25) is 9.59 Å². The number of nitrogens with one attached hydrogen (secondary N) is 2. The molecule has 2 amide bonds. The van der Waals surface area contributed by atoms with Gasteiger partial charge in [-0.2, -0.15) is 0 Å². The van der Waals surface area contributed by atoms with E-state index in [-0.39, 0.29) is 70.2 Å². The minimum Gasteiger partial charge on any atom is -0.396 e. The van der Waals surface area contributed by atoms with Crippen LogP contribution in [0.25, 0.3) is 0 Å². The third-order valence-electron chi connectivity index (χ3n) is 24.8. The molecule has 44 N–H and O–H groups in total. The van der Waals surface area contributed by atoms with Crippen LogP contribution in [0.3, 0.4) is 0 Å². The fourth-order valence-electron chi connectivity index (χ4n) is 16.1. The van der Waals surface area contributed by atoms with Crippen LogP contribution in [0.4, 0.5) is 0 Å². The number of carbonyl (C=O) groups excluding carboxylic acids is 2. The quantitative estimate of drug-likeness (QED) is 0.0199. The Morgan fingerprint density at radius 2 is 0.504 bits per heavy atom. The van der Waals surface area contributed by atoms with Gasteiger partial charge in [0.05, 0.1) is 140 Å². The Morgan fingerprint density at radius 1 is 0.293 bits per heavy atom. The maximum absolute atomic E-state index is 12.7. The minimum absolute atomic E-state index is 0.0173. The number of ether oxygens (including phenoxy) is 20. The van der Waals surface area contributed by atoms with E-state index in [2.05, 4.69) is 10.6 Å². The second-order valence-corrected chi connectivity index (χ2v) is 37.2. The Balaban J connectivity index is 0.551. The number of carbonyl (C=O) groups is 2. The molecular weight excluding hydrogens is 1840 g/mol. The highest BCUT2D eigenvalue weighted by atomic mass is 33.1. The Bertz CT molecular complexity index is 3400. The SMILES string of the molecule is NC1C(O)[C@H](O)C(CO)O[C@H]1OCC1O[C@@H](OCC2O[C@@H](OCC3O[C@@H](OCC4O[C@@H](OCCCNC(=O)CCCSSCCCC(=O)NCCCO[C@@H]5OC(CO[C@@H]6OC(CO[C@@H]7OC(CO[C@@H]8OC(CO[C@@H]9OC[C@@](O)(CCO)C(O)C9N)[C@@H](O)C(O)C8N)[C@@H](O)C(O)C7N)[C@@H](O)C(O)C6N)[C@@H](O)C(O)C5N)C(N)C(O)[C@@H]4O)C(N)C(O)[C@@H]3O)C(N)C(O)[C@@H]2O)C(N)C(O)[C@@H]1O. The van der Waals surface area contributed by atoms with E-state index < -0.39 is 373 Å². The second kappa shape index (κ2) is 52.7. The molecule has 10 heterocycles. The van der Waals surface area contributed by atoms with Crippen molar-refractivity contribution in [2.24, 2.45) is 57.3 Å². The van der Waals surface area contributed by atoms with E-state index in [0.29, 0.717) is 24.3 Å². The van der Waals surface area contributed by atoms with Gasteiger partial charge in [0, 0.05) is 50.5 Å². The number of rotatable bonds is 46. The van der Waals surface area contributed by atoms with Crippen LogP contribution in [0.1, 0.15) is 44.9 Å². The molecule has 56 nitrogen and oxygen atoms in total. The third kappa shape index (κ3) is 28.8. The highest BCUT2D eigenvalue weighted by Gasteiger charge is 2.56. The molecule has 133 heavy (non-hydrogen) atoms. The smallest absolute Gasteiger partial charge is 0.220 e. The molecule has 10 aliphatic rings. The van der Waals surface area contributed by atoms with Crippen LogP contribution < -0.4 is 68.0 Å². The van der Waals surface area contributed by atoms with Crippen LogP contribution in [0.5, 0.6) is 0 Å². The van der Waals surface area contributed by atoms with Crippen LogP contribution in [-0.2, 0) is 104 Å². The van der Waals surface area contributed by atoms with E-state index in [1.165, 1.54) is 21.6 Å². The molecule has 0 saturated carbocycles. The van der Waals surface area contributed by atoms with Crippen molar-refractivity contribution in [3.05, 3.63) is 0 Å². The van der Waals surface area contributed by atoms with Gasteiger partial charge in [-0.15, -0.1) is 0 Å². The van der Waals surface area contributed by atoms with Gasteiger partial charge < -0.3 is 275 Å². The Labute approximate surface area is 770 Å². The summed E-state index contributed by atoms with van der Waals surface area (Å²) in [6.07, 6.45) is -56.7. The van der Waals surface area contributed by atoms with Gasteiger partial charge in [-0.1, -0.05) is 21.6 Å². The number of hydrogen-bond donors (Lipinski definition) is 34. The topological polar surface area (TPSA) is 948 Å². The monoisotopic (exact) mass is 1980 g/mol. The van der Waals surface area contributed by atoms with E-state index in [0.717, 1.165) is 0 Å². The summed E-state index contributed by atoms with van der Waals surface area (Å²) in [5, 5.41) is 241. The van der Waals surface area contributed by atoms with Crippen molar-refractivity contribution in [1.82, 2.24) is 10.6 Å². The zero-order valence-corrected chi connectivity index (χ0v) is 74.2. The molecule has 0 aliphatic carbocycles. The van der Waals surface area contributed by atoms with Gasteiger partial charge in [0.1, 0.15) is 177 Å². The summed E-state index contributed by atoms with van der Waals surface area (Å²) < 4.78 is 116. The first-order valence-corrected chi connectivity index (χ1v) is 46.5. The summed E-state index contributed by atoms with van der Waals surface area (Å²) in [5.74, 6) is 0.815. The maximum atomic E-state index is 12.7.